The summed E-state index contributed by atoms with van der Waals surface area (Å²) < 4.78 is 0. The predicted octanol–water partition coefficient (Wildman–Crippen LogP) is 5.74. The minimum absolute atomic E-state index is 0.402. The van der Waals surface area contributed by atoms with Crippen LogP contribution in [0, 0.1) is 0 Å². The molecule has 0 aliphatic rings. The second kappa shape index (κ2) is 5.78. The summed E-state index contributed by atoms with van der Waals surface area (Å²) >= 11 is 19.5. The zero-order valence-corrected chi connectivity index (χ0v) is 13.1. The van der Waals surface area contributed by atoms with Crippen molar-refractivity contribution in [2.24, 2.45) is 0 Å². The summed E-state index contributed by atoms with van der Waals surface area (Å²) in [5.41, 5.74) is 0. The molecule has 3 aromatic rings. The lowest BCUT2D eigenvalue weighted by molar-refractivity contribution is 0.956. The van der Waals surface area contributed by atoms with Crippen LogP contribution in [0.4, 0.5) is 0 Å². The molecule has 0 aliphatic carbocycles. The SMILES string of the molecule is Clc1ccc(Sc2nnc(Cl)c3ccccc23)cc1Cl. The monoisotopic (exact) mass is 340 g/mol. The highest BCUT2D eigenvalue weighted by Gasteiger charge is 2.09. The van der Waals surface area contributed by atoms with E-state index in [-0.39, 0.29) is 0 Å². The van der Waals surface area contributed by atoms with Gasteiger partial charge in [0.1, 0.15) is 5.03 Å². The van der Waals surface area contributed by atoms with Gasteiger partial charge in [-0.05, 0) is 18.2 Å². The quantitative estimate of drug-likeness (QED) is 0.594. The van der Waals surface area contributed by atoms with Crippen molar-refractivity contribution in [3.05, 3.63) is 57.7 Å². The molecule has 0 atom stereocenters. The van der Waals surface area contributed by atoms with Crippen LogP contribution in [0.2, 0.25) is 15.2 Å². The Balaban J connectivity index is 2.06. The third-order valence-electron chi connectivity index (χ3n) is 2.71. The first-order chi connectivity index (χ1) is 9.65. The summed E-state index contributed by atoms with van der Waals surface area (Å²) in [7, 11) is 0. The van der Waals surface area contributed by atoms with Gasteiger partial charge >= 0.3 is 0 Å². The van der Waals surface area contributed by atoms with Crippen molar-refractivity contribution in [1.82, 2.24) is 10.2 Å². The summed E-state index contributed by atoms with van der Waals surface area (Å²) in [6.07, 6.45) is 0. The van der Waals surface area contributed by atoms with Crippen LogP contribution in [0.5, 0.6) is 0 Å². The molecule has 0 unspecified atom stereocenters. The van der Waals surface area contributed by atoms with E-state index in [1.54, 1.807) is 12.1 Å². The topological polar surface area (TPSA) is 25.8 Å². The molecule has 0 bridgehead atoms. The number of rotatable bonds is 2. The lowest BCUT2D eigenvalue weighted by Crippen LogP contribution is -1.89. The number of hydrogen-bond donors (Lipinski definition) is 0. The highest BCUT2D eigenvalue weighted by atomic mass is 35.5. The van der Waals surface area contributed by atoms with E-state index in [2.05, 4.69) is 10.2 Å². The van der Waals surface area contributed by atoms with Crippen LogP contribution >= 0.6 is 46.6 Å². The van der Waals surface area contributed by atoms with Crippen molar-refractivity contribution in [1.29, 1.82) is 0 Å². The average Bonchev–Trinajstić information content (AvgIpc) is 2.46. The molecule has 0 saturated carbocycles. The maximum atomic E-state index is 6.06. The van der Waals surface area contributed by atoms with Crippen LogP contribution in [0.3, 0.4) is 0 Å². The molecule has 3 rings (SSSR count). The van der Waals surface area contributed by atoms with Gasteiger partial charge in [0.2, 0.25) is 0 Å². The molecule has 0 fully saturated rings. The maximum absolute atomic E-state index is 6.06. The highest BCUT2D eigenvalue weighted by Crippen LogP contribution is 2.35. The molecule has 0 N–H and O–H groups in total. The van der Waals surface area contributed by atoms with E-state index in [9.17, 15) is 0 Å². The summed E-state index contributed by atoms with van der Waals surface area (Å²) in [4.78, 5) is 0.946. The fourth-order valence-corrected chi connectivity index (χ4v) is 3.25. The van der Waals surface area contributed by atoms with Crippen LogP contribution < -0.4 is 0 Å². The van der Waals surface area contributed by atoms with Gasteiger partial charge in [-0.15, -0.1) is 10.2 Å². The zero-order valence-electron chi connectivity index (χ0n) is 9.98. The fourth-order valence-electron chi connectivity index (χ4n) is 1.77. The number of nitrogens with zero attached hydrogens (tertiary/aromatic N) is 2. The fraction of sp³-hybridized carbons (Fsp3) is 0. The summed E-state index contributed by atoms with van der Waals surface area (Å²) in [5, 5.41) is 12.2. The van der Waals surface area contributed by atoms with E-state index in [0.29, 0.717) is 15.2 Å². The maximum Gasteiger partial charge on any atom is 0.159 e. The van der Waals surface area contributed by atoms with Gasteiger partial charge in [-0.25, -0.2) is 0 Å². The number of aromatic nitrogens is 2. The van der Waals surface area contributed by atoms with Gasteiger partial charge in [-0.1, -0.05) is 70.8 Å². The molecule has 6 heteroatoms. The van der Waals surface area contributed by atoms with E-state index in [0.717, 1.165) is 20.7 Å². The van der Waals surface area contributed by atoms with Gasteiger partial charge in [0, 0.05) is 15.7 Å². The Kier molecular flexibility index (Phi) is 4.03. The predicted molar refractivity (Wildman–Crippen MR) is 85.1 cm³/mol. The molecular formula is C14H7Cl3N2S. The van der Waals surface area contributed by atoms with Crippen LogP contribution in [0.15, 0.2) is 52.4 Å². The van der Waals surface area contributed by atoms with Gasteiger partial charge in [0.15, 0.2) is 5.15 Å². The van der Waals surface area contributed by atoms with E-state index in [1.807, 2.05) is 30.3 Å². The van der Waals surface area contributed by atoms with Crippen LogP contribution in [-0.4, -0.2) is 10.2 Å². The number of halogens is 3. The lowest BCUT2D eigenvalue weighted by Gasteiger charge is -2.06. The zero-order chi connectivity index (χ0) is 14.1. The van der Waals surface area contributed by atoms with Crippen molar-refractivity contribution in [2.75, 3.05) is 0 Å². The van der Waals surface area contributed by atoms with E-state index in [1.165, 1.54) is 11.8 Å². The summed E-state index contributed by atoms with van der Waals surface area (Å²) in [6, 6.07) is 13.2. The summed E-state index contributed by atoms with van der Waals surface area (Å²) in [6.45, 7) is 0. The molecule has 1 aromatic heterocycles. The minimum atomic E-state index is 0.402. The third-order valence-corrected chi connectivity index (χ3v) is 4.72. The van der Waals surface area contributed by atoms with Gasteiger partial charge in [0.25, 0.3) is 0 Å². The molecule has 0 amide bonds. The average molecular weight is 342 g/mol. The Bertz CT molecular complexity index is 792. The standard InChI is InChI=1S/C14H7Cl3N2S/c15-11-6-5-8(7-12(11)16)20-14-10-4-2-1-3-9(10)13(17)18-19-14/h1-7H. The van der Waals surface area contributed by atoms with Crippen LogP contribution in [0.1, 0.15) is 0 Å². The second-order valence-corrected chi connectivity index (χ2v) is 6.25. The Morgan fingerprint density at radius 2 is 1.55 bits per heavy atom. The van der Waals surface area contributed by atoms with Crippen molar-refractivity contribution >= 4 is 57.3 Å². The summed E-state index contributed by atoms with van der Waals surface area (Å²) in [5.74, 6) is 0. The first-order valence-corrected chi connectivity index (χ1v) is 7.64. The number of fused-ring (bicyclic) bond motifs is 1. The van der Waals surface area contributed by atoms with Crippen molar-refractivity contribution < 1.29 is 0 Å². The Labute approximate surface area is 135 Å². The normalized spacial score (nSPS) is 10.9. The molecule has 100 valence electrons. The highest BCUT2D eigenvalue weighted by molar-refractivity contribution is 7.99. The van der Waals surface area contributed by atoms with Crippen molar-refractivity contribution in [3.8, 4) is 0 Å². The minimum Gasteiger partial charge on any atom is -0.142 e. The van der Waals surface area contributed by atoms with E-state index in [4.69, 9.17) is 34.8 Å². The van der Waals surface area contributed by atoms with Gasteiger partial charge < -0.3 is 0 Å². The first kappa shape index (κ1) is 14.0. The Hall–Kier alpha value is -1.00. The molecule has 0 aliphatic heterocycles. The molecule has 0 spiro atoms. The molecule has 1 heterocycles. The van der Waals surface area contributed by atoms with E-state index < -0.39 is 0 Å². The number of hydrogen-bond acceptors (Lipinski definition) is 3. The van der Waals surface area contributed by atoms with Gasteiger partial charge in [-0.3, -0.25) is 0 Å². The van der Waals surface area contributed by atoms with Crippen LogP contribution in [0.25, 0.3) is 10.8 Å². The van der Waals surface area contributed by atoms with Gasteiger partial charge in [0.05, 0.1) is 10.0 Å². The smallest absolute Gasteiger partial charge is 0.142 e. The molecule has 2 nitrogen and oxygen atoms in total. The molecule has 2 aromatic carbocycles. The first-order valence-electron chi connectivity index (χ1n) is 5.69. The molecule has 0 radical (unpaired) electrons. The number of benzene rings is 2. The molecule has 0 saturated heterocycles. The third kappa shape index (κ3) is 2.72. The van der Waals surface area contributed by atoms with Gasteiger partial charge in [-0.2, -0.15) is 0 Å². The largest absolute Gasteiger partial charge is 0.159 e. The Morgan fingerprint density at radius 3 is 2.30 bits per heavy atom. The van der Waals surface area contributed by atoms with E-state index >= 15 is 0 Å². The van der Waals surface area contributed by atoms with Crippen molar-refractivity contribution in [3.63, 3.8) is 0 Å². The second-order valence-electron chi connectivity index (χ2n) is 4.02. The van der Waals surface area contributed by atoms with Crippen LogP contribution in [-0.2, 0) is 0 Å². The van der Waals surface area contributed by atoms with Crippen molar-refractivity contribution in [2.45, 2.75) is 9.92 Å². The Morgan fingerprint density at radius 1 is 0.800 bits per heavy atom. The lowest BCUT2D eigenvalue weighted by atomic mass is 10.2. The molecular weight excluding hydrogens is 335 g/mol. The molecule has 20 heavy (non-hydrogen) atoms.